The summed E-state index contributed by atoms with van der Waals surface area (Å²) >= 11 is 0. The monoisotopic (exact) mass is 451 g/mol. The molecule has 0 spiro atoms. The summed E-state index contributed by atoms with van der Waals surface area (Å²) in [4.78, 5) is 13.0. The molecule has 0 bridgehead atoms. The van der Waals surface area contributed by atoms with Crippen LogP contribution in [0.15, 0.2) is 41.3 Å². The van der Waals surface area contributed by atoms with Crippen molar-refractivity contribution in [2.75, 3.05) is 19.9 Å². The number of piperidine rings is 1. The lowest BCUT2D eigenvalue weighted by atomic mass is 10.0. The number of fused-ring (bicyclic) bond motifs is 1. The van der Waals surface area contributed by atoms with E-state index >= 15 is 0 Å². The highest BCUT2D eigenvalue weighted by Crippen LogP contribution is 2.34. The minimum atomic E-state index is -3.72. The Hall–Kier alpha value is -2.60. The molecule has 2 aromatic rings. The van der Waals surface area contributed by atoms with Crippen molar-refractivity contribution in [3.8, 4) is 5.75 Å². The topological polar surface area (TPSA) is 111 Å². The van der Waals surface area contributed by atoms with E-state index in [1.165, 1.54) is 24.3 Å². The first-order valence-corrected chi connectivity index (χ1v) is 11.3. The molecule has 0 unspecified atom stereocenters. The molecule has 2 heterocycles. The molecule has 0 radical (unpaired) electrons. The van der Waals surface area contributed by atoms with Crippen LogP contribution >= 0.6 is 0 Å². The molecule has 1 saturated heterocycles. The fourth-order valence-electron chi connectivity index (χ4n) is 3.85. The van der Waals surface area contributed by atoms with Crippen molar-refractivity contribution in [3.05, 3.63) is 63.5 Å². The van der Waals surface area contributed by atoms with Gasteiger partial charge in [0, 0.05) is 48.9 Å². The van der Waals surface area contributed by atoms with Gasteiger partial charge in [-0.25, -0.2) is 17.5 Å². The van der Waals surface area contributed by atoms with Crippen LogP contribution in [-0.4, -0.2) is 44.2 Å². The third-order valence-corrected chi connectivity index (χ3v) is 6.95. The van der Waals surface area contributed by atoms with E-state index in [4.69, 9.17) is 9.47 Å². The van der Waals surface area contributed by atoms with E-state index in [2.05, 4.69) is 9.62 Å². The normalized spacial score (nSPS) is 17.7. The highest BCUT2D eigenvalue weighted by atomic mass is 32.2. The number of nitrogens with zero attached hydrogens (tertiary/aromatic N) is 2. The van der Waals surface area contributed by atoms with Crippen molar-refractivity contribution < 1.29 is 27.2 Å². The molecule has 1 N–H and O–H groups in total. The number of halogens is 1. The van der Waals surface area contributed by atoms with Gasteiger partial charge in [-0.15, -0.1) is 0 Å². The van der Waals surface area contributed by atoms with Crippen molar-refractivity contribution in [3.63, 3.8) is 0 Å². The van der Waals surface area contributed by atoms with Crippen molar-refractivity contribution in [1.29, 1.82) is 0 Å². The van der Waals surface area contributed by atoms with Gasteiger partial charge in [-0.2, -0.15) is 0 Å². The maximum Gasteiger partial charge on any atom is 0.270 e. The molecule has 0 aliphatic carbocycles. The maximum absolute atomic E-state index is 13.1. The molecule has 2 aliphatic heterocycles. The summed E-state index contributed by atoms with van der Waals surface area (Å²) in [6.45, 7) is 2.05. The van der Waals surface area contributed by atoms with E-state index in [9.17, 15) is 22.9 Å². The largest absolute Gasteiger partial charge is 0.467 e. The number of hydrogen-bond acceptors (Lipinski definition) is 7. The lowest BCUT2D eigenvalue weighted by Gasteiger charge is -2.33. The van der Waals surface area contributed by atoms with E-state index < -0.39 is 20.8 Å². The number of likely N-dealkylation sites (tertiary alicyclic amines) is 1. The van der Waals surface area contributed by atoms with Gasteiger partial charge in [0.1, 0.15) is 11.6 Å². The first-order valence-electron chi connectivity index (χ1n) is 9.83. The second-order valence-corrected chi connectivity index (χ2v) is 9.30. The maximum atomic E-state index is 13.1. The summed E-state index contributed by atoms with van der Waals surface area (Å²) in [6, 6.07) is 7.45. The number of sulfonamides is 1. The molecule has 9 nitrogen and oxygen atoms in total. The van der Waals surface area contributed by atoms with Gasteiger partial charge in [0.25, 0.3) is 5.69 Å². The van der Waals surface area contributed by atoms with Gasteiger partial charge < -0.3 is 9.47 Å². The van der Waals surface area contributed by atoms with Crippen LogP contribution < -0.4 is 9.46 Å². The highest BCUT2D eigenvalue weighted by Gasteiger charge is 2.27. The first kappa shape index (κ1) is 21.6. The van der Waals surface area contributed by atoms with Crippen LogP contribution in [0.1, 0.15) is 24.0 Å². The van der Waals surface area contributed by atoms with Crippen LogP contribution in [-0.2, 0) is 27.9 Å². The fourth-order valence-corrected chi connectivity index (χ4v) is 5.16. The molecule has 1 fully saturated rings. The Labute approximate surface area is 179 Å². The predicted octanol–water partition coefficient (Wildman–Crippen LogP) is 2.54. The Morgan fingerprint density at radius 3 is 2.58 bits per heavy atom. The SMILES string of the molecule is O=[N+]([O-])c1cc2c(c(CN3CCC(NS(=O)(=O)c4ccc(F)cc4)CC3)c1)OCOC2. The molecule has 0 atom stereocenters. The van der Waals surface area contributed by atoms with Gasteiger partial charge in [-0.1, -0.05) is 0 Å². The zero-order valence-electron chi connectivity index (χ0n) is 16.6. The number of ether oxygens (including phenoxy) is 2. The van der Waals surface area contributed by atoms with Crippen LogP contribution in [0.25, 0.3) is 0 Å². The average Bonchev–Trinajstić information content (AvgIpc) is 2.75. The van der Waals surface area contributed by atoms with Gasteiger partial charge in [0.2, 0.25) is 10.0 Å². The minimum Gasteiger partial charge on any atom is -0.467 e. The van der Waals surface area contributed by atoms with Gasteiger partial charge in [0.15, 0.2) is 6.79 Å². The van der Waals surface area contributed by atoms with Crippen molar-refractivity contribution in [2.45, 2.75) is 36.9 Å². The predicted molar refractivity (Wildman–Crippen MR) is 108 cm³/mol. The number of rotatable bonds is 6. The van der Waals surface area contributed by atoms with Crippen LogP contribution in [0.4, 0.5) is 10.1 Å². The number of benzene rings is 2. The van der Waals surface area contributed by atoms with E-state index in [1.807, 2.05) is 0 Å². The Bertz CT molecular complexity index is 1070. The minimum absolute atomic E-state index is 0.00945. The Kier molecular flexibility index (Phi) is 6.19. The Balaban J connectivity index is 1.40. The number of nitro groups is 1. The molecule has 166 valence electrons. The Morgan fingerprint density at radius 1 is 1.19 bits per heavy atom. The number of non-ortho nitro benzene ring substituents is 1. The molecule has 0 aromatic heterocycles. The lowest BCUT2D eigenvalue weighted by molar-refractivity contribution is -0.385. The van der Waals surface area contributed by atoms with Crippen molar-refractivity contribution in [1.82, 2.24) is 9.62 Å². The van der Waals surface area contributed by atoms with E-state index in [0.29, 0.717) is 43.8 Å². The Morgan fingerprint density at radius 2 is 1.90 bits per heavy atom. The molecule has 31 heavy (non-hydrogen) atoms. The molecule has 4 rings (SSSR count). The second kappa shape index (κ2) is 8.87. The molecule has 0 saturated carbocycles. The summed E-state index contributed by atoms with van der Waals surface area (Å²) in [5, 5.41) is 11.3. The summed E-state index contributed by atoms with van der Waals surface area (Å²) in [5.41, 5.74) is 1.36. The smallest absolute Gasteiger partial charge is 0.270 e. The second-order valence-electron chi connectivity index (χ2n) is 7.59. The van der Waals surface area contributed by atoms with E-state index in [1.54, 1.807) is 0 Å². The van der Waals surface area contributed by atoms with E-state index in [-0.39, 0.29) is 30.0 Å². The highest BCUT2D eigenvalue weighted by molar-refractivity contribution is 7.89. The van der Waals surface area contributed by atoms with E-state index in [0.717, 1.165) is 17.7 Å². The van der Waals surface area contributed by atoms with Crippen molar-refractivity contribution in [2.24, 2.45) is 0 Å². The third-order valence-electron chi connectivity index (χ3n) is 5.41. The van der Waals surface area contributed by atoms with Gasteiger partial charge in [0.05, 0.1) is 16.4 Å². The third kappa shape index (κ3) is 5.01. The molecular formula is C20H22FN3O6S. The molecule has 11 heteroatoms. The van der Waals surface area contributed by atoms with Crippen molar-refractivity contribution >= 4 is 15.7 Å². The zero-order chi connectivity index (χ0) is 22.0. The average molecular weight is 451 g/mol. The molecule has 2 aromatic carbocycles. The molecule has 0 amide bonds. The fraction of sp³-hybridized carbons (Fsp3) is 0.400. The van der Waals surface area contributed by atoms with Crippen LogP contribution in [0.5, 0.6) is 5.75 Å². The quantitative estimate of drug-likeness (QED) is 0.531. The summed E-state index contributed by atoms with van der Waals surface area (Å²) in [7, 11) is -3.72. The number of nitrogens with one attached hydrogen (secondary N) is 1. The number of nitro benzene ring substituents is 1. The first-order chi connectivity index (χ1) is 14.8. The van der Waals surface area contributed by atoms with Gasteiger partial charge in [-0.05, 0) is 37.1 Å². The molecular weight excluding hydrogens is 429 g/mol. The van der Waals surface area contributed by atoms with Crippen LogP contribution in [0.3, 0.4) is 0 Å². The van der Waals surface area contributed by atoms with Crippen LogP contribution in [0.2, 0.25) is 0 Å². The summed E-state index contributed by atoms with van der Waals surface area (Å²) in [6.07, 6.45) is 1.17. The van der Waals surface area contributed by atoms with Gasteiger partial charge >= 0.3 is 0 Å². The number of hydrogen-bond donors (Lipinski definition) is 1. The summed E-state index contributed by atoms with van der Waals surface area (Å²) < 4.78 is 51.6. The lowest BCUT2D eigenvalue weighted by Crippen LogP contribution is -2.44. The van der Waals surface area contributed by atoms with Crippen LogP contribution in [0, 0.1) is 15.9 Å². The standard InChI is InChI=1S/C20H22FN3O6S/c21-16-1-3-19(4-2-16)31(27,28)22-17-5-7-23(8-6-17)11-14-9-18(24(25)26)10-15-12-29-13-30-20(14)15/h1-4,9-10,17,22H,5-8,11-13H2. The zero-order valence-corrected chi connectivity index (χ0v) is 17.4. The molecule has 2 aliphatic rings. The summed E-state index contributed by atoms with van der Waals surface area (Å²) in [5.74, 6) is 0.127. The van der Waals surface area contributed by atoms with Gasteiger partial charge in [-0.3, -0.25) is 15.0 Å².